The quantitative estimate of drug-likeness (QED) is 0.312. The number of amides is 3. The van der Waals surface area contributed by atoms with Crippen molar-refractivity contribution in [3.05, 3.63) is 60.2 Å². The lowest BCUT2D eigenvalue weighted by Gasteiger charge is -2.39. The van der Waals surface area contributed by atoms with Gasteiger partial charge in [-0.25, -0.2) is 0 Å². The number of hydrogen-bond acceptors (Lipinski definition) is 9. The molecule has 12 heteroatoms. The highest BCUT2D eigenvalue weighted by Gasteiger charge is 2.74. The van der Waals surface area contributed by atoms with Gasteiger partial charge in [-0.3, -0.25) is 24.1 Å². The van der Waals surface area contributed by atoms with Crippen LogP contribution in [0.15, 0.2) is 54.6 Å². The van der Waals surface area contributed by atoms with Gasteiger partial charge in [-0.2, -0.15) is 0 Å². The Morgan fingerprint density at radius 1 is 1.02 bits per heavy atom. The SMILES string of the molecule is CC(C)C[C@H](CO)N1C(=O)[C@H]2[C@@H]3C(=O)O[C@H](c4ccccc4)[C@@H](C)NC(=O)CC/C=C\CN(CCN4CCOCC4)C(=O)[C@H]1[C@@]21C=C[C@@H]3O1. The van der Waals surface area contributed by atoms with Crippen LogP contribution in [0.2, 0.25) is 0 Å². The van der Waals surface area contributed by atoms with E-state index in [9.17, 15) is 24.3 Å². The predicted octanol–water partition coefficient (Wildman–Crippen LogP) is 1.84. The number of likely N-dealkylation sites (tertiary alicyclic amines) is 1. The topological polar surface area (TPSA) is 138 Å². The number of morpholine rings is 1. The molecule has 8 atom stereocenters. The van der Waals surface area contributed by atoms with E-state index < -0.39 is 59.6 Å². The van der Waals surface area contributed by atoms with Gasteiger partial charge in [0.25, 0.3) is 0 Å². The average molecular weight is 679 g/mol. The molecule has 5 aliphatic rings. The molecule has 0 unspecified atom stereocenters. The van der Waals surface area contributed by atoms with Crippen molar-refractivity contribution in [2.45, 2.75) is 76.0 Å². The van der Waals surface area contributed by atoms with Crippen molar-refractivity contribution in [1.82, 2.24) is 20.0 Å². The van der Waals surface area contributed by atoms with Crippen LogP contribution in [0.1, 0.15) is 51.7 Å². The highest BCUT2D eigenvalue weighted by Crippen LogP contribution is 2.56. The number of nitrogens with one attached hydrogen (secondary N) is 1. The van der Waals surface area contributed by atoms with Crippen LogP contribution < -0.4 is 5.32 Å². The number of fused-ring (bicyclic) bond motifs is 2. The van der Waals surface area contributed by atoms with Crippen LogP contribution in [0, 0.1) is 17.8 Å². The number of hydrogen-bond donors (Lipinski definition) is 2. The minimum absolute atomic E-state index is 0.126. The molecular weight excluding hydrogens is 628 g/mol. The van der Waals surface area contributed by atoms with Crippen LogP contribution in [0.4, 0.5) is 0 Å². The fourth-order valence-corrected chi connectivity index (χ4v) is 8.16. The van der Waals surface area contributed by atoms with Crippen LogP contribution in [0.3, 0.4) is 0 Å². The Kier molecular flexibility index (Phi) is 10.9. The summed E-state index contributed by atoms with van der Waals surface area (Å²) in [6, 6.07) is 6.92. The molecule has 3 saturated heterocycles. The first kappa shape index (κ1) is 35.3. The van der Waals surface area contributed by atoms with E-state index in [0.29, 0.717) is 44.7 Å². The second-order valence-corrected chi connectivity index (χ2v) is 14.3. The second-order valence-electron chi connectivity index (χ2n) is 14.3. The Bertz CT molecular complexity index is 1430. The minimum atomic E-state index is -1.40. The largest absolute Gasteiger partial charge is 0.455 e. The molecule has 3 fully saturated rings. The Morgan fingerprint density at radius 2 is 1.78 bits per heavy atom. The van der Waals surface area contributed by atoms with Gasteiger partial charge in [0.05, 0.1) is 43.9 Å². The zero-order valence-corrected chi connectivity index (χ0v) is 28.7. The Morgan fingerprint density at radius 3 is 2.49 bits per heavy atom. The van der Waals surface area contributed by atoms with Crippen LogP contribution >= 0.6 is 0 Å². The second kappa shape index (κ2) is 15.1. The fourth-order valence-electron chi connectivity index (χ4n) is 8.16. The predicted molar refractivity (Wildman–Crippen MR) is 180 cm³/mol. The number of aliphatic hydroxyl groups excluding tert-OH is 1. The lowest BCUT2D eigenvalue weighted by atomic mass is 9.74. The van der Waals surface area contributed by atoms with Gasteiger partial charge in [0.2, 0.25) is 17.7 Å². The number of aliphatic hydroxyl groups is 1. The van der Waals surface area contributed by atoms with E-state index >= 15 is 0 Å². The van der Waals surface area contributed by atoms with Gasteiger partial charge >= 0.3 is 5.97 Å². The van der Waals surface area contributed by atoms with Crippen LogP contribution in [0.25, 0.3) is 0 Å². The molecule has 49 heavy (non-hydrogen) atoms. The van der Waals surface area contributed by atoms with Crippen LogP contribution in [0.5, 0.6) is 0 Å². The number of rotatable bonds is 8. The maximum absolute atomic E-state index is 14.9. The Hall–Kier alpha value is -3.58. The third kappa shape index (κ3) is 7.06. The normalized spacial score (nSPS) is 33.9. The summed E-state index contributed by atoms with van der Waals surface area (Å²) in [4.78, 5) is 62.5. The van der Waals surface area contributed by atoms with E-state index in [4.69, 9.17) is 14.2 Å². The molecule has 0 radical (unpaired) electrons. The summed E-state index contributed by atoms with van der Waals surface area (Å²) in [6.45, 7) is 9.53. The first-order chi connectivity index (χ1) is 23.6. The van der Waals surface area contributed by atoms with Gasteiger partial charge in [-0.15, -0.1) is 0 Å². The molecule has 12 nitrogen and oxygen atoms in total. The molecule has 3 amide bonds. The summed E-state index contributed by atoms with van der Waals surface area (Å²) in [5.74, 6) is -3.41. The van der Waals surface area contributed by atoms with E-state index in [2.05, 4.69) is 10.2 Å². The van der Waals surface area contributed by atoms with Gasteiger partial charge in [0.1, 0.15) is 23.7 Å². The van der Waals surface area contributed by atoms with Crippen molar-refractivity contribution in [3.63, 3.8) is 0 Å². The molecule has 266 valence electrons. The average Bonchev–Trinajstić information content (AvgIpc) is 3.74. The Balaban J connectivity index is 1.40. The molecular formula is C37H50N4O8. The Labute approximate surface area is 288 Å². The third-order valence-corrected chi connectivity index (χ3v) is 10.5. The van der Waals surface area contributed by atoms with E-state index in [1.807, 2.05) is 56.3 Å². The number of allylic oxidation sites excluding steroid dienone is 1. The number of nitrogens with zero attached hydrogens (tertiary/aromatic N) is 3. The van der Waals surface area contributed by atoms with E-state index in [1.54, 1.807) is 24.0 Å². The minimum Gasteiger partial charge on any atom is -0.455 e. The molecule has 5 bridgehead atoms. The van der Waals surface area contributed by atoms with Crippen molar-refractivity contribution in [2.24, 2.45) is 17.8 Å². The standard InChI is InChI=1S/C37H50N4O8/c1-24(2)22-27(23-42)41-33-35(45)40(17-16-39-18-20-47-21-19-39)15-9-5-8-12-29(43)38-25(3)32(26-10-6-4-7-11-26)48-36(46)30-28-13-14-37(33,49-28)31(30)34(41)44/h4-7,9-11,13-14,24-25,27-28,30-33,42H,8,12,15-23H2,1-3H3,(H,38,43)/b9-5-/t25-,27-,28+,30-,31-,32+,33+,37-/m1/s1. The lowest BCUT2D eigenvalue weighted by Crippen LogP contribution is -2.59. The van der Waals surface area contributed by atoms with Crippen molar-refractivity contribution < 1.29 is 38.5 Å². The maximum atomic E-state index is 14.9. The van der Waals surface area contributed by atoms with Crippen LogP contribution in [-0.4, -0.2) is 126 Å². The number of ether oxygens (including phenoxy) is 3. The number of carbonyl (C=O) groups is 4. The van der Waals surface area contributed by atoms with E-state index in [1.165, 1.54) is 4.90 Å². The molecule has 0 saturated carbocycles. The summed E-state index contributed by atoms with van der Waals surface area (Å²) in [5, 5.41) is 13.7. The molecule has 1 aromatic carbocycles. The summed E-state index contributed by atoms with van der Waals surface area (Å²) >= 11 is 0. The molecule has 6 rings (SSSR count). The molecule has 5 heterocycles. The first-order valence-corrected chi connectivity index (χ1v) is 17.7. The molecule has 5 aliphatic heterocycles. The third-order valence-electron chi connectivity index (χ3n) is 10.5. The van der Waals surface area contributed by atoms with Gasteiger partial charge < -0.3 is 34.4 Å². The highest BCUT2D eigenvalue weighted by atomic mass is 16.6. The lowest BCUT2D eigenvalue weighted by molar-refractivity contribution is -0.162. The summed E-state index contributed by atoms with van der Waals surface area (Å²) < 4.78 is 18.4. The molecule has 0 aromatic heterocycles. The van der Waals surface area contributed by atoms with Crippen molar-refractivity contribution >= 4 is 23.7 Å². The van der Waals surface area contributed by atoms with E-state index in [-0.39, 0.29) is 37.3 Å². The zero-order valence-electron chi connectivity index (χ0n) is 28.7. The monoisotopic (exact) mass is 678 g/mol. The number of cyclic esters (lactones) is 1. The van der Waals surface area contributed by atoms with Gasteiger partial charge in [-0.1, -0.05) is 68.5 Å². The summed E-state index contributed by atoms with van der Waals surface area (Å²) in [5.41, 5.74) is -0.694. The fraction of sp³-hybridized carbons (Fsp3) is 0.622. The smallest absolute Gasteiger partial charge is 0.313 e. The molecule has 2 N–H and O–H groups in total. The van der Waals surface area contributed by atoms with Gasteiger partial charge in [0.15, 0.2) is 0 Å². The summed E-state index contributed by atoms with van der Waals surface area (Å²) in [7, 11) is 0. The first-order valence-electron chi connectivity index (χ1n) is 17.7. The zero-order chi connectivity index (χ0) is 34.7. The molecule has 0 aliphatic carbocycles. The van der Waals surface area contributed by atoms with Crippen molar-refractivity contribution in [3.8, 4) is 0 Å². The number of benzene rings is 1. The number of carbonyl (C=O) groups excluding carboxylic acids is 4. The van der Waals surface area contributed by atoms with Gasteiger partial charge in [0, 0.05) is 39.1 Å². The maximum Gasteiger partial charge on any atom is 0.313 e. The highest BCUT2D eigenvalue weighted by molar-refractivity contribution is 5.99. The molecule has 1 spiro atoms. The molecule has 1 aromatic rings. The van der Waals surface area contributed by atoms with Crippen LogP contribution in [-0.2, 0) is 33.4 Å². The van der Waals surface area contributed by atoms with Crippen molar-refractivity contribution in [1.29, 1.82) is 0 Å². The van der Waals surface area contributed by atoms with Crippen molar-refractivity contribution in [2.75, 3.05) is 52.5 Å². The summed E-state index contributed by atoms with van der Waals surface area (Å²) in [6.07, 6.45) is 6.91. The number of esters is 1. The van der Waals surface area contributed by atoms with Gasteiger partial charge in [-0.05, 0) is 31.2 Å². The van der Waals surface area contributed by atoms with E-state index in [0.717, 1.165) is 13.1 Å².